The fourth-order valence-electron chi connectivity index (χ4n) is 1.25. The molecule has 1 rings (SSSR count). The van der Waals surface area contributed by atoms with Gasteiger partial charge in [0.15, 0.2) is 0 Å². The maximum absolute atomic E-state index is 10.9. The van der Waals surface area contributed by atoms with Crippen LogP contribution in [0.2, 0.25) is 0 Å². The summed E-state index contributed by atoms with van der Waals surface area (Å²) in [4.78, 5) is 23.6. The van der Waals surface area contributed by atoms with E-state index in [4.69, 9.17) is 5.11 Å². The molecule has 0 aromatic heterocycles. The van der Waals surface area contributed by atoms with E-state index in [1.807, 2.05) is 19.0 Å². The molecule has 0 radical (unpaired) electrons. The van der Waals surface area contributed by atoms with Crippen molar-refractivity contribution in [2.24, 2.45) is 0 Å². The molecule has 1 N–H and O–H groups in total. The summed E-state index contributed by atoms with van der Waals surface area (Å²) in [5.41, 5.74) is -0.225. The number of nitro groups is 1. The topological polar surface area (TPSA) is 83.7 Å². The Labute approximate surface area is 109 Å². The summed E-state index contributed by atoms with van der Waals surface area (Å²) < 4.78 is 0. The van der Waals surface area contributed by atoms with E-state index in [2.05, 4.69) is 0 Å². The van der Waals surface area contributed by atoms with Crippen molar-refractivity contribution in [1.82, 2.24) is 4.90 Å². The number of nitrogens with zero attached hydrogens (tertiary/aromatic N) is 2. The predicted octanol–water partition coefficient (Wildman–Crippen LogP) is 1.95. The highest BCUT2D eigenvalue weighted by atomic mass is 32.2. The number of carboxylic acid groups (broad SMARTS) is 1. The smallest absolute Gasteiger partial charge is 0.335 e. The molecule has 0 aliphatic heterocycles. The molecule has 98 valence electrons. The summed E-state index contributed by atoms with van der Waals surface area (Å²) in [5, 5.41) is 19.7. The van der Waals surface area contributed by atoms with Crippen LogP contribution in [-0.4, -0.2) is 47.3 Å². The number of benzene rings is 1. The minimum absolute atomic E-state index is 0.0707. The Kier molecular flexibility index (Phi) is 5.11. The van der Waals surface area contributed by atoms with Gasteiger partial charge in [0.05, 0.1) is 15.4 Å². The Bertz CT molecular complexity index is 462. The molecule has 0 heterocycles. The van der Waals surface area contributed by atoms with Crippen LogP contribution in [0.3, 0.4) is 0 Å². The molecule has 6 nitrogen and oxygen atoms in total. The Morgan fingerprint density at radius 2 is 2.17 bits per heavy atom. The number of rotatable bonds is 6. The molecular weight excluding hydrogens is 256 g/mol. The van der Waals surface area contributed by atoms with Gasteiger partial charge >= 0.3 is 5.97 Å². The van der Waals surface area contributed by atoms with Crippen LogP contribution in [0.1, 0.15) is 10.4 Å². The molecule has 0 aliphatic rings. The number of nitro benzene ring substituents is 1. The second-order valence-electron chi connectivity index (χ2n) is 3.90. The number of aromatic carboxylic acids is 1. The maximum Gasteiger partial charge on any atom is 0.335 e. The van der Waals surface area contributed by atoms with E-state index < -0.39 is 10.9 Å². The van der Waals surface area contributed by atoms with Crippen molar-refractivity contribution in [2.45, 2.75) is 4.90 Å². The molecule has 0 spiro atoms. The Hall–Kier alpha value is -1.60. The lowest BCUT2D eigenvalue weighted by Crippen LogP contribution is -2.14. The van der Waals surface area contributed by atoms with E-state index in [9.17, 15) is 14.9 Å². The van der Waals surface area contributed by atoms with Crippen molar-refractivity contribution in [1.29, 1.82) is 0 Å². The van der Waals surface area contributed by atoms with Crippen LogP contribution in [0.5, 0.6) is 0 Å². The first kappa shape index (κ1) is 14.5. The highest BCUT2D eigenvalue weighted by molar-refractivity contribution is 7.99. The molecular formula is C11H14N2O4S. The van der Waals surface area contributed by atoms with Gasteiger partial charge in [-0.05, 0) is 26.2 Å². The van der Waals surface area contributed by atoms with E-state index in [-0.39, 0.29) is 11.3 Å². The number of carboxylic acids is 1. The van der Waals surface area contributed by atoms with Crippen LogP contribution in [0.4, 0.5) is 5.69 Å². The molecule has 0 saturated carbocycles. The average Bonchev–Trinajstić information content (AvgIpc) is 2.28. The lowest BCUT2D eigenvalue weighted by Gasteiger charge is -2.09. The van der Waals surface area contributed by atoms with Gasteiger partial charge in [-0.3, -0.25) is 10.1 Å². The van der Waals surface area contributed by atoms with E-state index in [0.29, 0.717) is 10.6 Å². The van der Waals surface area contributed by atoms with E-state index in [1.165, 1.54) is 23.9 Å². The summed E-state index contributed by atoms with van der Waals surface area (Å²) in [6.07, 6.45) is 0. The van der Waals surface area contributed by atoms with Gasteiger partial charge in [0, 0.05) is 18.4 Å². The number of carbonyl (C=O) groups is 1. The molecule has 0 aliphatic carbocycles. The largest absolute Gasteiger partial charge is 0.478 e. The summed E-state index contributed by atoms with van der Waals surface area (Å²) in [6, 6.07) is 3.97. The van der Waals surface area contributed by atoms with Gasteiger partial charge < -0.3 is 10.0 Å². The van der Waals surface area contributed by atoms with Gasteiger partial charge in [-0.25, -0.2) is 4.79 Å². The molecule has 0 bridgehead atoms. The van der Waals surface area contributed by atoms with Crippen molar-refractivity contribution in [3.8, 4) is 0 Å². The first-order valence-corrected chi connectivity index (χ1v) is 6.19. The molecule has 18 heavy (non-hydrogen) atoms. The van der Waals surface area contributed by atoms with Crippen LogP contribution in [0, 0.1) is 10.1 Å². The normalized spacial score (nSPS) is 10.6. The Morgan fingerprint density at radius 1 is 1.50 bits per heavy atom. The summed E-state index contributed by atoms with van der Waals surface area (Å²) in [5.74, 6) is -0.455. The van der Waals surface area contributed by atoms with Crippen molar-refractivity contribution in [2.75, 3.05) is 26.4 Å². The molecule has 7 heteroatoms. The van der Waals surface area contributed by atoms with Gasteiger partial charge in [0.2, 0.25) is 0 Å². The third-order valence-corrected chi connectivity index (χ3v) is 3.24. The summed E-state index contributed by atoms with van der Waals surface area (Å²) >= 11 is 1.35. The number of hydrogen-bond acceptors (Lipinski definition) is 5. The lowest BCUT2D eigenvalue weighted by molar-refractivity contribution is -0.387. The first-order chi connectivity index (χ1) is 8.41. The molecule has 0 amide bonds. The molecule has 0 fully saturated rings. The standard InChI is InChI=1S/C11H14N2O4S/c1-12(2)5-6-18-10-4-3-8(11(14)15)7-9(10)13(16)17/h3-4,7H,5-6H2,1-2H3,(H,14,15). The third kappa shape index (κ3) is 4.01. The van der Waals surface area contributed by atoms with Crippen LogP contribution >= 0.6 is 11.8 Å². The first-order valence-electron chi connectivity index (χ1n) is 5.21. The number of hydrogen-bond donors (Lipinski definition) is 1. The van der Waals surface area contributed by atoms with Crippen molar-refractivity contribution < 1.29 is 14.8 Å². The molecule has 0 atom stereocenters. The zero-order chi connectivity index (χ0) is 13.7. The monoisotopic (exact) mass is 270 g/mol. The fourth-order valence-corrected chi connectivity index (χ4v) is 2.38. The Morgan fingerprint density at radius 3 is 2.67 bits per heavy atom. The quantitative estimate of drug-likeness (QED) is 0.483. The SMILES string of the molecule is CN(C)CCSc1ccc(C(=O)O)cc1[N+](=O)[O-]. The maximum atomic E-state index is 10.9. The molecule has 0 saturated heterocycles. The average molecular weight is 270 g/mol. The summed E-state index contributed by atoms with van der Waals surface area (Å²) in [6.45, 7) is 0.794. The van der Waals surface area contributed by atoms with E-state index in [1.54, 1.807) is 0 Å². The molecule has 1 aromatic carbocycles. The van der Waals surface area contributed by atoms with E-state index in [0.717, 1.165) is 12.6 Å². The highest BCUT2D eigenvalue weighted by Gasteiger charge is 2.17. The van der Waals surface area contributed by atoms with Gasteiger partial charge in [-0.2, -0.15) is 0 Å². The van der Waals surface area contributed by atoms with Gasteiger partial charge in [-0.15, -0.1) is 11.8 Å². The van der Waals surface area contributed by atoms with Gasteiger partial charge in [0.25, 0.3) is 5.69 Å². The molecule has 1 aromatic rings. The van der Waals surface area contributed by atoms with Crippen molar-refractivity contribution in [3.63, 3.8) is 0 Å². The second kappa shape index (κ2) is 6.36. The second-order valence-corrected chi connectivity index (χ2v) is 5.03. The van der Waals surface area contributed by atoms with Crippen LogP contribution in [-0.2, 0) is 0 Å². The number of thioether (sulfide) groups is 1. The minimum Gasteiger partial charge on any atom is -0.478 e. The lowest BCUT2D eigenvalue weighted by atomic mass is 10.2. The zero-order valence-electron chi connectivity index (χ0n) is 10.1. The molecule has 0 unspecified atom stereocenters. The summed E-state index contributed by atoms with van der Waals surface area (Å²) in [7, 11) is 3.84. The van der Waals surface area contributed by atoms with Gasteiger partial charge in [0.1, 0.15) is 0 Å². The van der Waals surface area contributed by atoms with Crippen molar-refractivity contribution >= 4 is 23.4 Å². The van der Waals surface area contributed by atoms with Crippen LogP contribution in [0.15, 0.2) is 23.1 Å². The zero-order valence-corrected chi connectivity index (χ0v) is 10.9. The van der Waals surface area contributed by atoms with E-state index >= 15 is 0 Å². The third-order valence-electron chi connectivity index (χ3n) is 2.20. The minimum atomic E-state index is -1.16. The predicted molar refractivity (Wildman–Crippen MR) is 69.3 cm³/mol. The van der Waals surface area contributed by atoms with Crippen molar-refractivity contribution in [3.05, 3.63) is 33.9 Å². The fraction of sp³-hybridized carbons (Fsp3) is 0.364. The van der Waals surface area contributed by atoms with Crippen LogP contribution in [0.25, 0.3) is 0 Å². The van der Waals surface area contributed by atoms with Gasteiger partial charge in [-0.1, -0.05) is 0 Å². The Balaban J connectivity index is 2.90. The van der Waals surface area contributed by atoms with Crippen LogP contribution < -0.4 is 0 Å². The highest BCUT2D eigenvalue weighted by Crippen LogP contribution is 2.30.